The minimum Gasteiger partial charge on any atom is -0.393 e. The third-order valence-corrected chi connectivity index (χ3v) is 3.85. The zero-order valence-corrected chi connectivity index (χ0v) is 10.1. The maximum Gasteiger partial charge on any atom is 0.0580 e. The van der Waals surface area contributed by atoms with E-state index in [4.69, 9.17) is 5.73 Å². The lowest BCUT2D eigenvalue weighted by molar-refractivity contribution is 0.0905. The summed E-state index contributed by atoms with van der Waals surface area (Å²) in [6.45, 7) is 2.80. The average Bonchev–Trinajstić information content (AvgIpc) is 2.75. The van der Waals surface area contributed by atoms with Gasteiger partial charge in [-0.1, -0.05) is 39.0 Å². The predicted molar refractivity (Wildman–Crippen MR) is 64.7 cm³/mol. The standard InChI is InChI=1S/C13H27NO/c1-2-5-12(10-14)13(15)9-8-11-6-3-4-7-11/h11-13,15H,2-10,14H2,1H3. The van der Waals surface area contributed by atoms with Gasteiger partial charge in [0.1, 0.15) is 0 Å². The average molecular weight is 213 g/mol. The Labute approximate surface area is 94.2 Å². The van der Waals surface area contributed by atoms with Gasteiger partial charge in [0.2, 0.25) is 0 Å². The van der Waals surface area contributed by atoms with E-state index in [1.807, 2.05) is 0 Å². The lowest BCUT2D eigenvalue weighted by Gasteiger charge is -2.22. The molecule has 2 unspecified atom stereocenters. The Morgan fingerprint density at radius 2 is 1.93 bits per heavy atom. The topological polar surface area (TPSA) is 46.2 Å². The molecule has 90 valence electrons. The quantitative estimate of drug-likeness (QED) is 0.683. The maximum atomic E-state index is 10.0. The summed E-state index contributed by atoms with van der Waals surface area (Å²) in [7, 11) is 0. The molecule has 1 rings (SSSR count). The Morgan fingerprint density at radius 3 is 2.47 bits per heavy atom. The van der Waals surface area contributed by atoms with E-state index in [-0.39, 0.29) is 6.10 Å². The van der Waals surface area contributed by atoms with Crippen molar-refractivity contribution >= 4 is 0 Å². The van der Waals surface area contributed by atoms with Crippen LogP contribution < -0.4 is 5.73 Å². The first kappa shape index (κ1) is 13.0. The van der Waals surface area contributed by atoms with Crippen LogP contribution in [0.5, 0.6) is 0 Å². The molecule has 0 spiro atoms. The van der Waals surface area contributed by atoms with E-state index in [0.29, 0.717) is 12.5 Å². The lowest BCUT2D eigenvalue weighted by atomic mass is 9.90. The van der Waals surface area contributed by atoms with E-state index in [0.717, 1.165) is 25.2 Å². The van der Waals surface area contributed by atoms with Crippen LogP contribution in [0.2, 0.25) is 0 Å². The molecule has 1 aliphatic carbocycles. The van der Waals surface area contributed by atoms with Crippen LogP contribution in [0.3, 0.4) is 0 Å². The van der Waals surface area contributed by atoms with Crippen molar-refractivity contribution in [2.75, 3.05) is 6.54 Å². The number of nitrogens with two attached hydrogens (primary N) is 1. The second kappa shape index (κ2) is 7.24. The number of aliphatic hydroxyl groups is 1. The van der Waals surface area contributed by atoms with Gasteiger partial charge < -0.3 is 10.8 Å². The predicted octanol–water partition coefficient (Wildman–Crippen LogP) is 2.69. The summed E-state index contributed by atoms with van der Waals surface area (Å²) >= 11 is 0. The Hall–Kier alpha value is -0.0800. The van der Waals surface area contributed by atoms with Crippen LogP contribution in [0.25, 0.3) is 0 Å². The van der Waals surface area contributed by atoms with Crippen molar-refractivity contribution < 1.29 is 5.11 Å². The molecule has 3 N–H and O–H groups in total. The van der Waals surface area contributed by atoms with Crippen molar-refractivity contribution in [2.45, 2.75) is 64.4 Å². The van der Waals surface area contributed by atoms with Gasteiger partial charge in [0.25, 0.3) is 0 Å². The summed E-state index contributed by atoms with van der Waals surface area (Å²) in [5.41, 5.74) is 5.68. The fourth-order valence-corrected chi connectivity index (χ4v) is 2.78. The van der Waals surface area contributed by atoms with Gasteiger partial charge in [-0.3, -0.25) is 0 Å². The molecule has 2 heteroatoms. The van der Waals surface area contributed by atoms with Gasteiger partial charge in [-0.15, -0.1) is 0 Å². The molecule has 0 aliphatic heterocycles. The first-order valence-corrected chi connectivity index (χ1v) is 6.66. The molecule has 0 amide bonds. The van der Waals surface area contributed by atoms with Gasteiger partial charge >= 0.3 is 0 Å². The summed E-state index contributed by atoms with van der Waals surface area (Å²) in [5, 5.41) is 10.0. The van der Waals surface area contributed by atoms with Crippen LogP contribution in [0.4, 0.5) is 0 Å². The Balaban J connectivity index is 2.17. The maximum absolute atomic E-state index is 10.0. The van der Waals surface area contributed by atoms with Crippen LogP contribution in [0.15, 0.2) is 0 Å². The Bertz CT molecular complexity index is 155. The largest absolute Gasteiger partial charge is 0.393 e. The van der Waals surface area contributed by atoms with E-state index in [9.17, 15) is 5.11 Å². The third kappa shape index (κ3) is 4.52. The highest BCUT2D eigenvalue weighted by molar-refractivity contribution is 4.73. The van der Waals surface area contributed by atoms with Crippen molar-refractivity contribution in [3.63, 3.8) is 0 Å². The zero-order valence-electron chi connectivity index (χ0n) is 10.1. The summed E-state index contributed by atoms with van der Waals surface area (Å²) in [5.74, 6) is 1.22. The molecule has 2 atom stereocenters. The zero-order chi connectivity index (χ0) is 11.1. The fraction of sp³-hybridized carbons (Fsp3) is 1.00. The molecule has 0 aromatic carbocycles. The minimum absolute atomic E-state index is 0.157. The van der Waals surface area contributed by atoms with Crippen LogP contribution in [0, 0.1) is 11.8 Å². The van der Waals surface area contributed by atoms with Crippen molar-refractivity contribution in [3.8, 4) is 0 Å². The van der Waals surface area contributed by atoms with E-state index in [1.165, 1.54) is 32.1 Å². The molecule has 1 fully saturated rings. The van der Waals surface area contributed by atoms with Gasteiger partial charge in [0.15, 0.2) is 0 Å². The summed E-state index contributed by atoms with van der Waals surface area (Å²) in [6.07, 6.45) is 9.78. The van der Waals surface area contributed by atoms with E-state index in [2.05, 4.69) is 6.92 Å². The molecule has 0 saturated heterocycles. The van der Waals surface area contributed by atoms with Gasteiger partial charge in [-0.05, 0) is 37.6 Å². The van der Waals surface area contributed by atoms with Crippen molar-refractivity contribution in [1.82, 2.24) is 0 Å². The molecule has 2 nitrogen and oxygen atoms in total. The Kier molecular flexibility index (Phi) is 6.26. The minimum atomic E-state index is -0.157. The summed E-state index contributed by atoms with van der Waals surface area (Å²) < 4.78 is 0. The number of hydrogen-bond acceptors (Lipinski definition) is 2. The highest BCUT2D eigenvalue weighted by Gasteiger charge is 2.20. The number of aliphatic hydroxyl groups excluding tert-OH is 1. The van der Waals surface area contributed by atoms with Gasteiger partial charge in [0.05, 0.1) is 6.10 Å². The molecule has 0 aromatic rings. The van der Waals surface area contributed by atoms with Crippen molar-refractivity contribution in [2.24, 2.45) is 17.6 Å². The van der Waals surface area contributed by atoms with Gasteiger partial charge in [-0.25, -0.2) is 0 Å². The smallest absolute Gasteiger partial charge is 0.0580 e. The summed E-state index contributed by atoms with van der Waals surface area (Å²) in [4.78, 5) is 0. The first-order chi connectivity index (χ1) is 7.27. The van der Waals surface area contributed by atoms with Crippen LogP contribution in [0.1, 0.15) is 58.3 Å². The van der Waals surface area contributed by atoms with E-state index >= 15 is 0 Å². The van der Waals surface area contributed by atoms with Crippen LogP contribution in [-0.2, 0) is 0 Å². The van der Waals surface area contributed by atoms with Crippen molar-refractivity contribution in [1.29, 1.82) is 0 Å². The molecule has 0 radical (unpaired) electrons. The van der Waals surface area contributed by atoms with Crippen molar-refractivity contribution in [3.05, 3.63) is 0 Å². The van der Waals surface area contributed by atoms with Gasteiger partial charge in [0, 0.05) is 0 Å². The Morgan fingerprint density at radius 1 is 1.27 bits per heavy atom. The monoisotopic (exact) mass is 213 g/mol. The number of rotatable bonds is 7. The first-order valence-electron chi connectivity index (χ1n) is 6.66. The van der Waals surface area contributed by atoms with E-state index in [1.54, 1.807) is 0 Å². The third-order valence-electron chi connectivity index (χ3n) is 3.85. The molecule has 1 saturated carbocycles. The van der Waals surface area contributed by atoms with Crippen LogP contribution in [-0.4, -0.2) is 17.8 Å². The SMILES string of the molecule is CCCC(CN)C(O)CCC1CCCC1. The second-order valence-corrected chi connectivity index (χ2v) is 5.08. The highest BCUT2D eigenvalue weighted by Crippen LogP contribution is 2.30. The van der Waals surface area contributed by atoms with Gasteiger partial charge in [-0.2, -0.15) is 0 Å². The van der Waals surface area contributed by atoms with E-state index < -0.39 is 0 Å². The highest BCUT2D eigenvalue weighted by atomic mass is 16.3. The molecule has 0 aromatic heterocycles. The second-order valence-electron chi connectivity index (χ2n) is 5.08. The fourth-order valence-electron chi connectivity index (χ4n) is 2.78. The summed E-state index contributed by atoms with van der Waals surface area (Å²) in [6, 6.07) is 0. The molecule has 15 heavy (non-hydrogen) atoms. The molecule has 0 bridgehead atoms. The molecular weight excluding hydrogens is 186 g/mol. The molecule has 1 aliphatic rings. The molecule has 0 heterocycles. The lowest BCUT2D eigenvalue weighted by Crippen LogP contribution is -2.28. The normalized spacial score (nSPS) is 21.8. The number of hydrogen-bond donors (Lipinski definition) is 2. The molecular formula is C13H27NO. The van der Waals surface area contributed by atoms with Crippen LogP contribution >= 0.6 is 0 Å².